The maximum absolute atomic E-state index is 13.9. The zero-order valence-corrected chi connectivity index (χ0v) is 19.5. The minimum absolute atomic E-state index is 0.00724. The molecule has 0 aliphatic heterocycles. The van der Waals surface area contributed by atoms with Crippen LogP contribution in [0.1, 0.15) is 37.8 Å². The Morgan fingerprint density at radius 2 is 1.59 bits per heavy atom. The highest BCUT2D eigenvalue weighted by molar-refractivity contribution is 5.87. The van der Waals surface area contributed by atoms with Crippen molar-refractivity contribution in [2.45, 2.75) is 45.1 Å². The number of anilines is 3. The van der Waals surface area contributed by atoms with Crippen LogP contribution in [0.25, 0.3) is 22.6 Å². The van der Waals surface area contributed by atoms with E-state index in [1.165, 1.54) is 12.3 Å². The van der Waals surface area contributed by atoms with Crippen LogP contribution in [0.4, 0.5) is 43.7 Å². The molecule has 0 aliphatic carbocycles. The summed E-state index contributed by atoms with van der Waals surface area (Å²) in [6.45, 7) is 3.81. The average molecular weight is 522 g/mol. The van der Waals surface area contributed by atoms with Gasteiger partial charge in [-0.3, -0.25) is 0 Å². The van der Waals surface area contributed by atoms with Crippen LogP contribution in [-0.2, 0) is 12.4 Å². The number of aromatic nitrogens is 6. The van der Waals surface area contributed by atoms with Crippen LogP contribution >= 0.6 is 0 Å². The molecule has 0 bridgehead atoms. The summed E-state index contributed by atoms with van der Waals surface area (Å²) < 4.78 is 80.0. The molecule has 0 aromatic carbocycles. The number of fused-ring (bicyclic) bond motifs is 1. The maximum Gasteiger partial charge on any atom is 0.418 e. The van der Waals surface area contributed by atoms with Crippen molar-refractivity contribution >= 4 is 28.5 Å². The summed E-state index contributed by atoms with van der Waals surface area (Å²) in [5, 5.41) is 13.4. The lowest BCUT2D eigenvalue weighted by Gasteiger charge is -2.17. The summed E-state index contributed by atoms with van der Waals surface area (Å²) >= 11 is 0. The van der Waals surface area contributed by atoms with Crippen LogP contribution < -0.4 is 10.6 Å². The van der Waals surface area contributed by atoms with Crippen LogP contribution in [0.5, 0.6) is 0 Å². The van der Waals surface area contributed by atoms with E-state index in [1.807, 2.05) is 13.8 Å². The lowest BCUT2D eigenvalue weighted by atomic mass is 10.1. The van der Waals surface area contributed by atoms with Crippen molar-refractivity contribution in [3.05, 3.63) is 54.0 Å². The van der Waals surface area contributed by atoms with E-state index in [0.717, 1.165) is 24.4 Å². The maximum atomic E-state index is 13.9. The first-order valence-electron chi connectivity index (χ1n) is 11.1. The molecule has 0 unspecified atom stereocenters. The number of rotatable bonds is 7. The van der Waals surface area contributed by atoms with E-state index in [4.69, 9.17) is 0 Å². The number of pyridine rings is 2. The zero-order chi connectivity index (χ0) is 26.8. The second kappa shape index (κ2) is 10.1. The molecular weight excluding hydrogens is 502 g/mol. The zero-order valence-electron chi connectivity index (χ0n) is 19.5. The molecule has 4 heterocycles. The number of nitrogens with one attached hydrogen (secondary N) is 2. The van der Waals surface area contributed by atoms with Crippen molar-refractivity contribution in [3.8, 4) is 11.4 Å². The highest BCUT2D eigenvalue weighted by Crippen LogP contribution is 2.37. The van der Waals surface area contributed by atoms with Gasteiger partial charge in [-0.25, -0.2) is 19.9 Å². The molecule has 4 aromatic rings. The van der Waals surface area contributed by atoms with Gasteiger partial charge in [0.05, 0.1) is 23.0 Å². The molecule has 0 atom stereocenters. The van der Waals surface area contributed by atoms with Gasteiger partial charge in [0.1, 0.15) is 28.5 Å². The molecule has 0 saturated heterocycles. The Balaban J connectivity index is 1.68. The Labute approximate surface area is 206 Å². The fraction of sp³-hybridized carbons (Fsp3) is 0.304. The van der Waals surface area contributed by atoms with Crippen LogP contribution in [0.15, 0.2) is 42.9 Å². The first-order chi connectivity index (χ1) is 17.5. The number of hydrogen-bond donors (Lipinski definition) is 2. The molecular formula is C23H20F6N8. The standard InChI is InChI=1S/C23H20F6N8/c1-3-13(4-2)33-18-9-14(23(27,28)29)19(37-36-18)16-11-32-20-15(7-8-30-21(20)35-16)34-17-6-5-12(10-31-17)22(24,25)26/h5-11,13H,3-4H2,1-2H3,(H,33,36)(H,30,31,34,35). The van der Waals surface area contributed by atoms with Gasteiger partial charge in [-0.05, 0) is 37.1 Å². The van der Waals surface area contributed by atoms with Crippen molar-refractivity contribution in [2.24, 2.45) is 0 Å². The van der Waals surface area contributed by atoms with Crippen LogP contribution in [0, 0.1) is 0 Å². The normalized spacial score (nSPS) is 12.2. The summed E-state index contributed by atoms with van der Waals surface area (Å²) in [5.74, 6) is 0.0873. The van der Waals surface area contributed by atoms with Crippen molar-refractivity contribution in [1.82, 2.24) is 30.1 Å². The van der Waals surface area contributed by atoms with Gasteiger partial charge in [0.15, 0.2) is 5.65 Å². The van der Waals surface area contributed by atoms with Gasteiger partial charge in [0.25, 0.3) is 0 Å². The van der Waals surface area contributed by atoms with E-state index < -0.39 is 29.2 Å². The SMILES string of the molecule is CCC(CC)Nc1cc(C(F)(F)F)c(-c2cnc3c(Nc4ccc(C(F)(F)F)cn4)ccnc3n2)nn1. The summed E-state index contributed by atoms with van der Waals surface area (Å²) in [5.41, 5.74) is -2.20. The molecule has 0 amide bonds. The average Bonchev–Trinajstić information content (AvgIpc) is 2.86. The summed E-state index contributed by atoms with van der Waals surface area (Å²) in [6, 6.07) is 4.31. The molecule has 8 nitrogen and oxygen atoms in total. The highest BCUT2D eigenvalue weighted by atomic mass is 19.4. The van der Waals surface area contributed by atoms with E-state index in [1.54, 1.807) is 0 Å². The van der Waals surface area contributed by atoms with E-state index in [9.17, 15) is 26.3 Å². The largest absolute Gasteiger partial charge is 0.418 e. The van der Waals surface area contributed by atoms with Gasteiger partial charge in [0, 0.05) is 18.4 Å². The van der Waals surface area contributed by atoms with Gasteiger partial charge in [-0.15, -0.1) is 10.2 Å². The third-order valence-corrected chi connectivity index (χ3v) is 5.48. The van der Waals surface area contributed by atoms with Crippen molar-refractivity contribution < 1.29 is 26.3 Å². The Hall–Kier alpha value is -4.10. The van der Waals surface area contributed by atoms with Gasteiger partial charge in [0.2, 0.25) is 0 Å². The second-order valence-electron chi connectivity index (χ2n) is 7.99. The quantitative estimate of drug-likeness (QED) is 0.275. The molecule has 14 heteroatoms. The van der Waals surface area contributed by atoms with Gasteiger partial charge in [-0.2, -0.15) is 26.3 Å². The fourth-order valence-corrected chi connectivity index (χ4v) is 3.48. The van der Waals surface area contributed by atoms with Gasteiger partial charge >= 0.3 is 12.4 Å². The van der Waals surface area contributed by atoms with Gasteiger partial charge in [-0.1, -0.05) is 13.8 Å². The second-order valence-corrected chi connectivity index (χ2v) is 7.99. The van der Waals surface area contributed by atoms with E-state index in [-0.39, 0.29) is 34.5 Å². The number of halogens is 6. The lowest BCUT2D eigenvalue weighted by molar-refractivity contribution is -0.138. The molecule has 0 fully saturated rings. The Morgan fingerprint density at radius 3 is 2.22 bits per heavy atom. The third kappa shape index (κ3) is 5.84. The molecule has 4 rings (SSSR count). The summed E-state index contributed by atoms with van der Waals surface area (Å²) in [6.07, 6.45) is -4.78. The van der Waals surface area contributed by atoms with E-state index in [2.05, 4.69) is 40.8 Å². The van der Waals surface area contributed by atoms with Crippen molar-refractivity contribution in [2.75, 3.05) is 10.6 Å². The predicted octanol–water partition coefficient (Wildman–Crippen LogP) is 6.26. The monoisotopic (exact) mass is 522 g/mol. The Bertz CT molecular complexity index is 1390. The molecule has 37 heavy (non-hydrogen) atoms. The minimum atomic E-state index is -4.74. The molecule has 0 spiro atoms. The number of alkyl halides is 6. The topological polar surface area (TPSA) is 101 Å². The van der Waals surface area contributed by atoms with Gasteiger partial charge < -0.3 is 10.6 Å². The molecule has 194 valence electrons. The van der Waals surface area contributed by atoms with Crippen LogP contribution in [0.2, 0.25) is 0 Å². The minimum Gasteiger partial charge on any atom is -0.366 e. The Morgan fingerprint density at radius 1 is 0.838 bits per heavy atom. The van der Waals surface area contributed by atoms with Crippen LogP contribution in [0.3, 0.4) is 0 Å². The first kappa shape index (κ1) is 26.0. The molecule has 4 aromatic heterocycles. The smallest absolute Gasteiger partial charge is 0.366 e. The van der Waals surface area contributed by atoms with E-state index >= 15 is 0 Å². The predicted molar refractivity (Wildman–Crippen MR) is 124 cm³/mol. The lowest BCUT2D eigenvalue weighted by Crippen LogP contribution is -2.19. The number of nitrogens with zero attached hydrogens (tertiary/aromatic N) is 6. The molecule has 0 aliphatic rings. The molecule has 0 saturated carbocycles. The molecule has 0 radical (unpaired) electrons. The third-order valence-electron chi connectivity index (χ3n) is 5.48. The summed E-state index contributed by atoms with van der Waals surface area (Å²) in [4.78, 5) is 16.2. The Kier molecular flexibility index (Phi) is 7.09. The highest BCUT2D eigenvalue weighted by Gasteiger charge is 2.36. The van der Waals surface area contributed by atoms with Crippen molar-refractivity contribution in [3.63, 3.8) is 0 Å². The molecule has 2 N–H and O–H groups in total. The summed E-state index contributed by atoms with van der Waals surface area (Å²) in [7, 11) is 0. The first-order valence-corrected chi connectivity index (χ1v) is 11.1. The van der Waals surface area contributed by atoms with Crippen molar-refractivity contribution in [1.29, 1.82) is 0 Å². The van der Waals surface area contributed by atoms with E-state index in [0.29, 0.717) is 24.7 Å². The number of hydrogen-bond acceptors (Lipinski definition) is 8. The van der Waals surface area contributed by atoms with Crippen LogP contribution in [-0.4, -0.2) is 36.2 Å². The fourth-order valence-electron chi connectivity index (χ4n) is 3.48.